The van der Waals surface area contributed by atoms with E-state index in [1.165, 1.54) is 6.20 Å². The van der Waals surface area contributed by atoms with Crippen molar-refractivity contribution in [2.45, 2.75) is 19.6 Å². The van der Waals surface area contributed by atoms with E-state index in [4.69, 9.17) is 17.4 Å². The van der Waals surface area contributed by atoms with Gasteiger partial charge < -0.3 is 9.33 Å². The van der Waals surface area contributed by atoms with Crippen molar-refractivity contribution in [3.63, 3.8) is 0 Å². The number of nitrogens with zero attached hydrogens (tertiary/aromatic N) is 2. The van der Waals surface area contributed by atoms with Crippen LogP contribution in [0.1, 0.15) is 1.37 Å². The van der Waals surface area contributed by atoms with E-state index >= 15 is 0 Å². The Morgan fingerprint density at radius 2 is 1.88 bits per heavy atom. The van der Waals surface area contributed by atoms with Crippen molar-refractivity contribution in [1.82, 2.24) is 4.98 Å². The molecule has 0 spiro atoms. The largest absolute Gasteiger partial charge is 0.400 e. The Morgan fingerprint density at radius 1 is 1.12 bits per heavy atom. The van der Waals surface area contributed by atoms with Gasteiger partial charge in [0.25, 0.3) is 0 Å². The monoisotopic (exact) mass is 357 g/mol. The molecular weight excluding hydrogens is 336 g/mol. The summed E-state index contributed by atoms with van der Waals surface area (Å²) in [5, 5.41) is 1.20. The number of hydrogen-bond donors (Lipinski definition) is 0. The maximum Gasteiger partial charge on any atom is 0.186 e. The lowest BCUT2D eigenvalue weighted by Gasteiger charge is -2.29. The van der Waals surface area contributed by atoms with Crippen LogP contribution in [0.15, 0.2) is 60.8 Å². The predicted octanol–water partition coefficient (Wildman–Crippen LogP) is 5.84. The summed E-state index contributed by atoms with van der Waals surface area (Å²) in [4.78, 5) is 6.40. The van der Waals surface area contributed by atoms with Crippen LogP contribution in [-0.2, 0) is 4.43 Å². The van der Waals surface area contributed by atoms with Crippen molar-refractivity contribution in [2.24, 2.45) is 0 Å². The molecular formula is C19H21ClN2OSi. The van der Waals surface area contributed by atoms with Gasteiger partial charge in [0.1, 0.15) is 6.73 Å². The molecule has 0 bridgehead atoms. The van der Waals surface area contributed by atoms with Gasteiger partial charge >= 0.3 is 0 Å². The van der Waals surface area contributed by atoms with Crippen LogP contribution >= 0.6 is 11.6 Å². The highest BCUT2D eigenvalue weighted by atomic mass is 35.5. The molecule has 2 aromatic carbocycles. The molecule has 124 valence electrons. The van der Waals surface area contributed by atoms with Crippen LogP contribution in [0.5, 0.6) is 0 Å². The fraction of sp³-hybridized carbons (Fsp3) is 0.211. The second-order valence-corrected chi connectivity index (χ2v) is 11.5. The van der Waals surface area contributed by atoms with Gasteiger partial charge in [-0.25, -0.2) is 0 Å². The molecule has 0 radical (unpaired) electrons. The van der Waals surface area contributed by atoms with Crippen LogP contribution in [-0.4, -0.2) is 20.0 Å². The van der Waals surface area contributed by atoms with Gasteiger partial charge in [-0.15, -0.1) is 0 Å². The average molecular weight is 358 g/mol. The Labute approximate surface area is 150 Å². The molecule has 0 aliphatic carbocycles. The third kappa shape index (κ3) is 3.95. The van der Waals surface area contributed by atoms with Gasteiger partial charge in [0.05, 0.1) is 11.9 Å². The topological polar surface area (TPSA) is 25.4 Å². The Morgan fingerprint density at radius 3 is 2.58 bits per heavy atom. The molecule has 0 aliphatic heterocycles. The maximum atomic E-state index is 7.88. The standard InChI is InChI=1S/C19H21ClN2OSi/c1-24(2,3)23-14-22(15-7-5-4-6-8-15)16-9-10-19-17(13-16)18(20)11-12-21-19/h4-13H,14H2,1-3H3/i11D. The zero-order valence-electron chi connectivity index (χ0n) is 15.1. The third-order valence-electron chi connectivity index (χ3n) is 3.62. The summed E-state index contributed by atoms with van der Waals surface area (Å²) in [6.07, 6.45) is 1.48. The second-order valence-electron chi connectivity index (χ2n) is 6.57. The Balaban J connectivity index is 2.06. The molecule has 0 N–H and O–H groups in total. The number of hydrogen-bond acceptors (Lipinski definition) is 3. The van der Waals surface area contributed by atoms with Crippen LogP contribution in [0.25, 0.3) is 10.9 Å². The van der Waals surface area contributed by atoms with Crippen molar-refractivity contribution in [3.05, 3.63) is 65.8 Å². The lowest BCUT2D eigenvalue weighted by molar-refractivity contribution is 0.321. The molecule has 0 saturated carbocycles. The van der Waals surface area contributed by atoms with Gasteiger partial charge in [0, 0.05) is 23.0 Å². The van der Waals surface area contributed by atoms with E-state index in [0.29, 0.717) is 11.8 Å². The van der Waals surface area contributed by atoms with Crippen molar-refractivity contribution in [1.29, 1.82) is 0 Å². The van der Waals surface area contributed by atoms with Crippen LogP contribution < -0.4 is 4.90 Å². The molecule has 0 amide bonds. The number of anilines is 2. The molecule has 0 fully saturated rings. The van der Waals surface area contributed by atoms with Gasteiger partial charge in [0.2, 0.25) is 0 Å². The van der Waals surface area contributed by atoms with Crippen molar-refractivity contribution >= 4 is 42.2 Å². The first kappa shape index (κ1) is 15.6. The van der Waals surface area contributed by atoms with E-state index in [1.54, 1.807) is 0 Å². The van der Waals surface area contributed by atoms with Crippen LogP contribution in [0, 0.1) is 0 Å². The zero-order valence-corrected chi connectivity index (χ0v) is 15.8. The minimum Gasteiger partial charge on any atom is -0.400 e. The molecule has 0 atom stereocenters. The summed E-state index contributed by atoms with van der Waals surface area (Å²) in [5.74, 6) is 0. The summed E-state index contributed by atoms with van der Waals surface area (Å²) in [6.45, 7) is 6.98. The first-order chi connectivity index (χ1) is 11.8. The molecule has 24 heavy (non-hydrogen) atoms. The SMILES string of the molecule is [2H]c1cnc2ccc(N(CO[Si](C)(C)C)c3ccccc3)cc2c1Cl. The lowest BCUT2D eigenvalue weighted by Crippen LogP contribution is -2.32. The van der Waals surface area contributed by atoms with E-state index in [9.17, 15) is 0 Å². The van der Waals surface area contributed by atoms with E-state index in [-0.39, 0.29) is 6.04 Å². The van der Waals surface area contributed by atoms with Gasteiger partial charge in [-0.3, -0.25) is 4.98 Å². The van der Waals surface area contributed by atoms with Crippen molar-refractivity contribution in [2.75, 3.05) is 11.6 Å². The highest BCUT2D eigenvalue weighted by molar-refractivity contribution is 6.69. The summed E-state index contributed by atoms with van der Waals surface area (Å²) >= 11 is 6.33. The van der Waals surface area contributed by atoms with E-state index in [0.717, 1.165) is 22.3 Å². The molecule has 0 saturated heterocycles. The molecule has 0 aliphatic rings. The smallest absolute Gasteiger partial charge is 0.186 e. The highest BCUT2D eigenvalue weighted by Crippen LogP contribution is 2.31. The molecule has 1 aromatic heterocycles. The fourth-order valence-corrected chi connectivity index (χ4v) is 3.10. The quantitative estimate of drug-likeness (QED) is 0.424. The van der Waals surface area contributed by atoms with E-state index < -0.39 is 8.32 Å². The summed E-state index contributed by atoms with van der Waals surface area (Å²) in [7, 11) is -1.67. The van der Waals surface area contributed by atoms with Gasteiger partial charge in [0.15, 0.2) is 8.32 Å². The number of fused-ring (bicyclic) bond motifs is 1. The fourth-order valence-electron chi connectivity index (χ4n) is 2.38. The molecule has 3 rings (SSSR count). The van der Waals surface area contributed by atoms with Crippen molar-refractivity contribution in [3.8, 4) is 0 Å². The van der Waals surface area contributed by atoms with E-state index in [2.05, 4.69) is 41.7 Å². The summed E-state index contributed by atoms with van der Waals surface area (Å²) in [6, 6.07) is 16.3. The number of halogens is 1. The first-order valence-corrected chi connectivity index (χ1v) is 11.7. The molecule has 1 heterocycles. The molecule has 3 nitrogen and oxygen atoms in total. The van der Waals surface area contributed by atoms with Crippen LogP contribution in [0.2, 0.25) is 24.7 Å². The van der Waals surface area contributed by atoms with Gasteiger partial charge in [-0.2, -0.15) is 0 Å². The molecule has 5 heteroatoms. The number of para-hydroxylation sites is 1. The van der Waals surface area contributed by atoms with Crippen LogP contribution in [0.3, 0.4) is 0 Å². The minimum atomic E-state index is -1.67. The molecule has 3 aromatic rings. The van der Waals surface area contributed by atoms with Crippen molar-refractivity contribution < 1.29 is 5.80 Å². The number of pyridine rings is 1. The summed E-state index contributed by atoms with van der Waals surface area (Å²) in [5.41, 5.74) is 2.79. The maximum absolute atomic E-state index is 7.88. The third-order valence-corrected chi connectivity index (χ3v) is 4.93. The number of benzene rings is 2. The summed E-state index contributed by atoms with van der Waals surface area (Å²) < 4.78 is 14.0. The van der Waals surface area contributed by atoms with Crippen LogP contribution in [0.4, 0.5) is 11.4 Å². The predicted molar refractivity (Wildman–Crippen MR) is 105 cm³/mol. The van der Waals surface area contributed by atoms with Gasteiger partial charge in [-0.05, 0) is 56.0 Å². The molecule has 0 unspecified atom stereocenters. The average Bonchev–Trinajstić information content (AvgIpc) is 2.59. The van der Waals surface area contributed by atoms with Gasteiger partial charge in [-0.1, -0.05) is 29.8 Å². The first-order valence-electron chi connectivity index (χ1n) is 8.36. The number of rotatable bonds is 5. The Kier molecular flexibility index (Phi) is 4.51. The minimum absolute atomic E-state index is 0.232. The zero-order chi connectivity index (χ0) is 18.0. The normalized spacial score (nSPS) is 12.2. The number of aromatic nitrogens is 1. The Hall–Kier alpha value is -1.88. The Bertz CT molecular complexity index is 884. The highest BCUT2D eigenvalue weighted by Gasteiger charge is 2.18. The van der Waals surface area contributed by atoms with E-state index in [1.807, 2.05) is 36.4 Å². The second kappa shape index (κ2) is 6.93. The lowest BCUT2D eigenvalue weighted by atomic mass is 10.1.